The van der Waals surface area contributed by atoms with Crippen molar-refractivity contribution in [2.45, 2.75) is 0 Å². The molecule has 0 fully saturated rings. The molecule has 13 heavy (non-hydrogen) atoms. The van der Waals surface area contributed by atoms with Crippen molar-refractivity contribution in [3.63, 3.8) is 0 Å². The minimum atomic E-state index is 0.241. The van der Waals surface area contributed by atoms with Crippen LogP contribution in [0.3, 0.4) is 0 Å². The number of aldehydes is 1. The number of carbonyl (C=O) groups is 1. The zero-order valence-electron chi connectivity index (χ0n) is 6.68. The van der Waals surface area contributed by atoms with E-state index in [4.69, 9.17) is 23.2 Å². The Morgan fingerprint density at radius 1 is 1.46 bits per heavy atom. The van der Waals surface area contributed by atoms with E-state index < -0.39 is 0 Å². The highest BCUT2D eigenvalue weighted by Gasteiger charge is 2.02. The molecule has 0 saturated heterocycles. The van der Waals surface area contributed by atoms with E-state index in [1.807, 2.05) is 0 Å². The molecule has 0 aliphatic rings. The van der Waals surface area contributed by atoms with Crippen molar-refractivity contribution in [1.29, 1.82) is 0 Å². The van der Waals surface area contributed by atoms with Gasteiger partial charge in [0, 0.05) is 11.1 Å². The van der Waals surface area contributed by atoms with E-state index >= 15 is 0 Å². The molecule has 0 spiro atoms. The summed E-state index contributed by atoms with van der Waals surface area (Å²) in [6.45, 7) is 0. The molecule has 66 valence electrons. The van der Waals surface area contributed by atoms with Crippen LogP contribution in [0.2, 0.25) is 5.02 Å². The third-order valence-corrected chi connectivity index (χ3v) is 1.92. The van der Waals surface area contributed by atoms with Crippen molar-refractivity contribution in [1.82, 2.24) is 0 Å². The normalized spacial score (nSPS) is 8.77. The fraction of sp³-hybridized carbons (Fsp3) is 0.100. The van der Waals surface area contributed by atoms with Crippen molar-refractivity contribution in [2.24, 2.45) is 0 Å². The van der Waals surface area contributed by atoms with Crippen molar-refractivity contribution in [3.05, 3.63) is 34.3 Å². The van der Waals surface area contributed by atoms with Gasteiger partial charge in [-0.3, -0.25) is 4.79 Å². The minimum absolute atomic E-state index is 0.241. The fourth-order valence-electron chi connectivity index (χ4n) is 0.894. The maximum Gasteiger partial charge on any atom is 0.152 e. The number of halogens is 2. The highest BCUT2D eigenvalue weighted by atomic mass is 35.5. The third kappa shape index (κ3) is 2.48. The summed E-state index contributed by atoms with van der Waals surface area (Å²) in [5.41, 5.74) is 1.03. The lowest BCUT2D eigenvalue weighted by molar-refractivity contribution is 0.112. The molecule has 0 bridgehead atoms. The summed E-state index contributed by atoms with van der Waals surface area (Å²) in [7, 11) is 0. The van der Waals surface area contributed by atoms with E-state index in [2.05, 4.69) is 11.8 Å². The number of rotatable bonds is 1. The minimum Gasteiger partial charge on any atom is -0.298 e. The number of hydrogen-bond acceptors (Lipinski definition) is 1. The zero-order valence-corrected chi connectivity index (χ0v) is 8.19. The average molecular weight is 213 g/mol. The van der Waals surface area contributed by atoms with Gasteiger partial charge in [0.2, 0.25) is 0 Å². The van der Waals surface area contributed by atoms with Gasteiger partial charge in [0.25, 0.3) is 0 Å². The number of carbonyl (C=O) groups excluding carboxylic acids is 1. The summed E-state index contributed by atoms with van der Waals surface area (Å²) in [5.74, 6) is 5.66. The number of alkyl halides is 1. The maximum atomic E-state index is 10.6. The third-order valence-electron chi connectivity index (χ3n) is 1.46. The standard InChI is InChI=1S/C10H6Cl2O/c11-6-2-4-8-3-1-5-10(12)9(8)7-13/h1,3,5,7H,6H2. The van der Waals surface area contributed by atoms with Gasteiger partial charge in [-0.05, 0) is 12.1 Å². The lowest BCUT2D eigenvalue weighted by Gasteiger charge is -1.97. The Kier molecular flexibility index (Phi) is 3.82. The van der Waals surface area contributed by atoms with Gasteiger partial charge >= 0.3 is 0 Å². The summed E-state index contributed by atoms with van der Waals surface area (Å²) in [4.78, 5) is 10.6. The predicted molar refractivity (Wildman–Crippen MR) is 54.4 cm³/mol. The molecule has 1 aromatic carbocycles. The van der Waals surface area contributed by atoms with Gasteiger partial charge in [0.05, 0.1) is 10.9 Å². The highest BCUT2D eigenvalue weighted by molar-refractivity contribution is 6.33. The number of hydrogen-bond donors (Lipinski definition) is 0. The number of benzene rings is 1. The molecule has 0 unspecified atom stereocenters. The van der Waals surface area contributed by atoms with Gasteiger partial charge in [-0.1, -0.05) is 29.5 Å². The lowest BCUT2D eigenvalue weighted by Crippen LogP contribution is -1.88. The van der Waals surface area contributed by atoms with Crippen LogP contribution in [0.1, 0.15) is 15.9 Å². The second-order valence-corrected chi connectivity index (χ2v) is 2.93. The lowest BCUT2D eigenvalue weighted by atomic mass is 10.1. The van der Waals surface area contributed by atoms with Gasteiger partial charge in [0.15, 0.2) is 6.29 Å². The van der Waals surface area contributed by atoms with E-state index in [1.165, 1.54) is 0 Å². The average Bonchev–Trinajstić information content (AvgIpc) is 2.15. The van der Waals surface area contributed by atoms with Crippen LogP contribution in [0, 0.1) is 11.8 Å². The second kappa shape index (κ2) is 4.91. The first-order chi connectivity index (χ1) is 6.29. The Labute approximate surface area is 86.7 Å². The Morgan fingerprint density at radius 3 is 2.85 bits per heavy atom. The first kappa shape index (κ1) is 10.1. The van der Waals surface area contributed by atoms with E-state index in [1.54, 1.807) is 18.2 Å². The summed E-state index contributed by atoms with van der Waals surface area (Å²) < 4.78 is 0. The Bertz CT molecular complexity index is 374. The van der Waals surface area contributed by atoms with Crippen LogP contribution in [0.15, 0.2) is 18.2 Å². The Balaban J connectivity index is 3.20. The second-order valence-electron chi connectivity index (χ2n) is 2.25. The van der Waals surface area contributed by atoms with Crippen LogP contribution in [-0.2, 0) is 0 Å². The predicted octanol–water partition coefficient (Wildman–Crippen LogP) is 2.74. The van der Waals surface area contributed by atoms with Crippen LogP contribution in [0.5, 0.6) is 0 Å². The zero-order chi connectivity index (χ0) is 9.68. The molecule has 0 N–H and O–H groups in total. The van der Waals surface area contributed by atoms with Crippen molar-refractivity contribution >= 4 is 29.5 Å². The Morgan fingerprint density at radius 2 is 2.23 bits per heavy atom. The molecular formula is C10H6Cl2O. The summed E-state index contributed by atoms with van der Waals surface area (Å²) in [5, 5.41) is 0.413. The monoisotopic (exact) mass is 212 g/mol. The van der Waals surface area contributed by atoms with Gasteiger partial charge in [-0.2, -0.15) is 0 Å². The van der Waals surface area contributed by atoms with Crippen LogP contribution in [0.4, 0.5) is 0 Å². The molecule has 0 atom stereocenters. The van der Waals surface area contributed by atoms with Gasteiger partial charge in [-0.25, -0.2) is 0 Å². The van der Waals surface area contributed by atoms with E-state index in [0.29, 0.717) is 22.4 Å². The molecule has 0 saturated carbocycles. The van der Waals surface area contributed by atoms with Gasteiger partial charge in [0.1, 0.15) is 0 Å². The van der Waals surface area contributed by atoms with Crippen LogP contribution < -0.4 is 0 Å². The largest absolute Gasteiger partial charge is 0.298 e. The molecule has 0 aliphatic heterocycles. The first-order valence-electron chi connectivity index (χ1n) is 3.58. The summed E-state index contributed by atoms with van der Waals surface area (Å²) in [6.07, 6.45) is 0.695. The Hall–Kier alpha value is -0.970. The quantitative estimate of drug-likeness (QED) is 0.398. The smallest absolute Gasteiger partial charge is 0.152 e. The maximum absolute atomic E-state index is 10.6. The molecule has 0 amide bonds. The molecule has 0 radical (unpaired) electrons. The first-order valence-corrected chi connectivity index (χ1v) is 4.49. The topological polar surface area (TPSA) is 17.1 Å². The van der Waals surface area contributed by atoms with E-state index in [9.17, 15) is 4.79 Å². The van der Waals surface area contributed by atoms with E-state index in [0.717, 1.165) is 0 Å². The van der Waals surface area contributed by atoms with Crippen molar-refractivity contribution in [3.8, 4) is 11.8 Å². The molecule has 1 rings (SSSR count). The SMILES string of the molecule is O=Cc1c(Cl)cccc1C#CCCl. The fourth-order valence-corrected chi connectivity index (χ4v) is 1.18. The van der Waals surface area contributed by atoms with Gasteiger partial charge in [-0.15, -0.1) is 11.6 Å². The van der Waals surface area contributed by atoms with Crippen LogP contribution >= 0.6 is 23.2 Å². The van der Waals surface area contributed by atoms with Gasteiger partial charge < -0.3 is 0 Å². The molecular weight excluding hydrogens is 207 g/mol. The van der Waals surface area contributed by atoms with Crippen molar-refractivity contribution < 1.29 is 4.79 Å². The molecule has 3 heteroatoms. The highest BCUT2D eigenvalue weighted by Crippen LogP contribution is 2.16. The summed E-state index contributed by atoms with van der Waals surface area (Å²) in [6, 6.07) is 5.12. The molecule has 1 aromatic rings. The van der Waals surface area contributed by atoms with Crippen molar-refractivity contribution in [2.75, 3.05) is 5.88 Å². The van der Waals surface area contributed by atoms with Crippen LogP contribution in [-0.4, -0.2) is 12.2 Å². The van der Waals surface area contributed by atoms with E-state index in [-0.39, 0.29) is 5.88 Å². The van der Waals surface area contributed by atoms with Crippen LogP contribution in [0.25, 0.3) is 0 Å². The molecule has 0 aromatic heterocycles. The molecule has 0 heterocycles. The molecule has 0 aliphatic carbocycles. The molecule has 1 nitrogen and oxygen atoms in total. The summed E-state index contributed by atoms with van der Waals surface area (Å²) >= 11 is 11.2.